The van der Waals surface area contributed by atoms with E-state index in [-0.39, 0.29) is 25.7 Å². The van der Waals surface area contributed by atoms with Crippen LogP contribution in [0, 0.1) is 0 Å². The molecule has 0 bridgehead atoms. The number of phosphoric ester groups is 2. The van der Waals surface area contributed by atoms with Crippen molar-refractivity contribution in [3.63, 3.8) is 0 Å². The molecular weight excluding hydrogens is 1210 g/mol. The van der Waals surface area contributed by atoms with Crippen LogP contribution >= 0.6 is 15.6 Å². The third kappa shape index (κ3) is 66.2. The zero-order valence-corrected chi connectivity index (χ0v) is 60.8. The number of ether oxygens (including phenoxy) is 4. The fraction of sp³-hybridized carbons (Fsp3) is 0.890. The van der Waals surface area contributed by atoms with E-state index in [0.29, 0.717) is 25.7 Å². The van der Waals surface area contributed by atoms with Crippen molar-refractivity contribution in [1.29, 1.82) is 0 Å². The van der Waals surface area contributed by atoms with E-state index in [1.54, 1.807) is 0 Å². The lowest BCUT2D eigenvalue weighted by Crippen LogP contribution is -2.30. The SMILES string of the molecule is CCCCC/C=C\C/C=C\CCCCCCCC(=O)OCC(COP(=O)(O)OCC(O)COP(=O)(O)OCC(COC(=O)CCCCCCCCCCCCC)OC(=O)CCCCCCCCCCCCC)OC(=O)CCCCCCCCCCCCCCCCC. The summed E-state index contributed by atoms with van der Waals surface area (Å²) in [6.07, 6.45) is 58.9. The molecule has 0 rings (SSSR count). The highest BCUT2D eigenvalue weighted by atomic mass is 31.2. The molecule has 542 valence electrons. The van der Waals surface area contributed by atoms with Crippen LogP contribution in [-0.2, 0) is 65.4 Å². The second-order valence-corrected chi connectivity index (χ2v) is 28.5. The maximum Gasteiger partial charge on any atom is 0.472 e. The van der Waals surface area contributed by atoms with Crippen molar-refractivity contribution < 1.29 is 80.2 Å². The van der Waals surface area contributed by atoms with Gasteiger partial charge in [0.25, 0.3) is 0 Å². The Kier molecular flexibility index (Phi) is 65.3. The van der Waals surface area contributed by atoms with Crippen molar-refractivity contribution in [3.05, 3.63) is 24.3 Å². The summed E-state index contributed by atoms with van der Waals surface area (Å²) in [6.45, 7) is 4.89. The van der Waals surface area contributed by atoms with Crippen LogP contribution in [0.2, 0.25) is 0 Å². The number of hydrogen-bond acceptors (Lipinski definition) is 15. The molecule has 0 aliphatic rings. The van der Waals surface area contributed by atoms with Gasteiger partial charge in [-0.2, -0.15) is 0 Å². The van der Waals surface area contributed by atoms with Crippen molar-refractivity contribution in [2.75, 3.05) is 39.6 Å². The third-order valence-corrected chi connectivity index (χ3v) is 18.4. The van der Waals surface area contributed by atoms with Crippen molar-refractivity contribution in [3.8, 4) is 0 Å². The van der Waals surface area contributed by atoms with Gasteiger partial charge in [-0.15, -0.1) is 0 Å². The van der Waals surface area contributed by atoms with Gasteiger partial charge in [-0.05, 0) is 57.8 Å². The molecule has 0 fully saturated rings. The Morgan fingerprint density at radius 2 is 0.533 bits per heavy atom. The van der Waals surface area contributed by atoms with Crippen molar-refractivity contribution >= 4 is 39.5 Å². The lowest BCUT2D eigenvalue weighted by molar-refractivity contribution is -0.161. The molecule has 17 nitrogen and oxygen atoms in total. The predicted molar refractivity (Wildman–Crippen MR) is 372 cm³/mol. The number of hydrogen-bond donors (Lipinski definition) is 3. The Bertz CT molecular complexity index is 1850. The Balaban J connectivity index is 5.27. The highest BCUT2D eigenvalue weighted by Crippen LogP contribution is 2.45. The predicted octanol–water partition coefficient (Wildman–Crippen LogP) is 21.0. The molecule has 92 heavy (non-hydrogen) atoms. The number of aliphatic hydroxyl groups is 1. The summed E-state index contributed by atoms with van der Waals surface area (Å²) < 4.78 is 68.4. The highest BCUT2D eigenvalue weighted by molar-refractivity contribution is 7.47. The number of aliphatic hydroxyl groups excluding tert-OH is 1. The van der Waals surface area contributed by atoms with Crippen LogP contribution in [0.25, 0.3) is 0 Å². The minimum Gasteiger partial charge on any atom is -0.462 e. The third-order valence-electron chi connectivity index (χ3n) is 16.4. The molecule has 5 atom stereocenters. The monoisotopic (exact) mass is 1350 g/mol. The zero-order valence-electron chi connectivity index (χ0n) is 59.0. The van der Waals surface area contributed by atoms with E-state index in [1.165, 1.54) is 167 Å². The standard InChI is InChI=1S/C73H138O17P2/c1-5-9-13-17-21-25-29-31-33-35-39-42-46-50-54-58-71(76)84-64-69(90-73(78)60-56-52-48-44-40-36-34-32-30-26-22-18-14-10-6-2)66-88-92(81,82)86-62-67(74)61-85-91(79,80)87-65-68(89-72(77)59-55-51-47-43-38-28-24-20-16-12-8-4)63-83-70(75)57-53-49-45-41-37-27-23-19-15-11-7-3/h21,25,31,33,67-69,74H,5-20,22-24,26-30,32,34-66H2,1-4H3,(H,79,80)(H,81,82)/b25-21-,33-31-. The van der Waals surface area contributed by atoms with E-state index < -0.39 is 97.5 Å². The van der Waals surface area contributed by atoms with Gasteiger partial charge in [0.1, 0.15) is 19.3 Å². The van der Waals surface area contributed by atoms with Crippen LogP contribution in [0.3, 0.4) is 0 Å². The van der Waals surface area contributed by atoms with Crippen LogP contribution < -0.4 is 0 Å². The number of carbonyl (C=O) groups excluding carboxylic acids is 4. The lowest BCUT2D eigenvalue weighted by atomic mass is 10.0. The van der Waals surface area contributed by atoms with Crippen LogP contribution in [0.5, 0.6) is 0 Å². The van der Waals surface area contributed by atoms with Crippen LogP contribution in [0.4, 0.5) is 0 Å². The lowest BCUT2D eigenvalue weighted by Gasteiger charge is -2.21. The molecule has 19 heteroatoms. The second kappa shape index (κ2) is 67.1. The van der Waals surface area contributed by atoms with Gasteiger partial charge in [-0.1, -0.05) is 302 Å². The number of carbonyl (C=O) groups is 4. The minimum atomic E-state index is -4.96. The number of allylic oxidation sites excluding steroid dienone is 4. The van der Waals surface area contributed by atoms with Gasteiger partial charge in [-0.25, -0.2) is 9.13 Å². The van der Waals surface area contributed by atoms with E-state index in [9.17, 15) is 43.2 Å². The molecule has 0 aromatic carbocycles. The Labute approximate surface area is 561 Å². The first-order chi connectivity index (χ1) is 44.7. The fourth-order valence-electron chi connectivity index (χ4n) is 10.7. The Hall–Kier alpha value is -2.46. The van der Waals surface area contributed by atoms with Gasteiger partial charge in [-0.3, -0.25) is 37.3 Å². The summed E-state index contributed by atoms with van der Waals surface area (Å²) in [5.74, 6) is -2.14. The summed E-state index contributed by atoms with van der Waals surface area (Å²) in [5, 5.41) is 10.6. The number of unbranched alkanes of at least 4 members (excludes halogenated alkanes) is 42. The zero-order chi connectivity index (χ0) is 67.5. The topological polar surface area (TPSA) is 237 Å². The maximum atomic E-state index is 13.0. The number of phosphoric acid groups is 2. The van der Waals surface area contributed by atoms with Crippen molar-refractivity contribution in [2.45, 2.75) is 380 Å². The average Bonchev–Trinajstić information content (AvgIpc) is 2.93. The summed E-state index contributed by atoms with van der Waals surface area (Å²) in [7, 11) is -9.91. The van der Waals surface area contributed by atoms with Crippen LogP contribution in [0.15, 0.2) is 24.3 Å². The van der Waals surface area contributed by atoms with E-state index >= 15 is 0 Å². The molecule has 5 unspecified atom stereocenters. The van der Waals surface area contributed by atoms with Gasteiger partial charge < -0.3 is 33.8 Å². The number of esters is 4. The smallest absolute Gasteiger partial charge is 0.462 e. The molecule has 0 saturated carbocycles. The molecule has 0 saturated heterocycles. The average molecular weight is 1350 g/mol. The van der Waals surface area contributed by atoms with Gasteiger partial charge in [0, 0.05) is 25.7 Å². The second-order valence-electron chi connectivity index (χ2n) is 25.6. The molecule has 0 heterocycles. The molecule has 0 amide bonds. The van der Waals surface area contributed by atoms with E-state index in [1.807, 2.05) is 0 Å². The van der Waals surface area contributed by atoms with Gasteiger partial charge in [0.05, 0.1) is 26.4 Å². The van der Waals surface area contributed by atoms with Gasteiger partial charge in [0.15, 0.2) is 12.2 Å². The molecule has 0 aliphatic carbocycles. The number of rotatable bonds is 72. The van der Waals surface area contributed by atoms with Gasteiger partial charge >= 0.3 is 39.5 Å². The molecule has 0 radical (unpaired) electrons. The fourth-order valence-corrected chi connectivity index (χ4v) is 12.2. The molecule has 0 aromatic rings. The van der Waals surface area contributed by atoms with Crippen LogP contribution in [-0.4, -0.2) is 96.7 Å². The normalized spacial score (nSPS) is 14.1. The van der Waals surface area contributed by atoms with E-state index in [0.717, 1.165) is 116 Å². The largest absolute Gasteiger partial charge is 0.472 e. The Morgan fingerprint density at radius 3 is 0.826 bits per heavy atom. The van der Waals surface area contributed by atoms with Gasteiger partial charge in [0.2, 0.25) is 0 Å². The minimum absolute atomic E-state index is 0.102. The first-order valence-electron chi connectivity index (χ1n) is 37.6. The quantitative estimate of drug-likeness (QED) is 0.0169. The van der Waals surface area contributed by atoms with E-state index in [2.05, 4.69) is 52.0 Å². The first kappa shape index (κ1) is 89.5. The summed E-state index contributed by atoms with van der Waals surface area (Å²) >= 11 is 0. The molecular formula is C73H138O17P2. The Morgan fingerprint density at radius 1 is 0.304 bits per heavy atom. The van der Waals surface area contributed by atoms with Crippen LogP contribution in [0.1, 0.15) is 362 Å². The molecule has 0 aromatic heterocycles. The molecule has 3 N–H and O–H groups in total. The summed E-state index contributed by atoms with van der Waals surface area (Å²) in [5.41, 5.74) is 0. The van der Waals surface area contributed by atoms with Crippen molar-refractivity contribution in [1.82, 2.24) is 0 Å². The first-order valence-corrected chi connectivity index (χ1v) is 40.6. The molecule has 0 aliphatic heterocycles. The summed E-state index contributed by atoms with van der Waals surface area (Å²) in [4.78, 5) is 72.6. The summed E-state index contributed by atoms with van der Waals surface area (Å²) in [6, 6.07) is 0. The molecule has 0 spiro atoms. The highest BCUT2D eigenvalue weighted by Gasteiger charge is 2.30. The van der Waals surface area contributed by atoms with E-state index in [4.69, 9.17) is 37.0 Å². The maximum absolute atomic E-state index is 13.0. The van der Waals surface area contributed by atoms with Crippen molar-refractivity contribution in [2.24, 2.45) is 0 Å².